The van der Waals surface area contributed by atoms with Crippen LogP contribution in [0.25, 0.3) is 0 Å². The summed E-state index contributed by atoms with van der Waals surface area (Å²) in [7, 11) is 0. The normalized spacial score (nSPS) is 2.50. The number of alkyl halides is 1. The summed E-state index contributed by atoms with van der Waals surface area (Å²) >= 11 is 4.64. The Kier molecular flexibility index (Phi) is 16000. The molecular formula is C2H5ClO. The van der Waals surface area contributed by atoms with Crippen LogP contribution in [0.15, 0.2) is 0 Å². The van der Waals surface area contributed by atoms with Crippen LogP contribution in [0.5, 0.6) is 0 Å². The molecule has 0 bridgehead atoms. The highest BCUT2D eigenvalue weighted by atomic mass is 35.5. The van der Waals surface area contributed by atoms with Crippen LogP contribution in [0.4, 0.5) is 0 Å². The lowest BCUT2D eigenvalue weighted by molar-refractivity contribution is -0.0979. The highest BCUT2D eigenvalue weighted by molar-refractivity contribution is 6.15. The summed E-state index contributed by atoms with van der Waals surface area (Å²) in [4.78, 5) is 8.00. The maximum absolute atomic E-state index is 8.00. The van der Waals surface area contributed by atoms with Gasteiger partial charge in [0.1, 0.15) is 6.79 Å². The molecule has 0 radical (unpaired) electrons. The van der Waals surface area contributed by atoms with Crippen LogP contribution < -0.4 is 0 Å². The molecule has 0 saturated heterocycles. The van der Waals surface area contributed by atoms with Gasteiger partial charge in [0.25, 0.3) is 0 Å². The summed E-state index contributed by atoms with van der Waals surface area (Å²) in [6.45, 7) is 2.00. The molecule has 0 aliphatic rings. The van der Waals surface area contributed by atoms with Gasteiger partial charge < -0.3 is 4.79 Å². The predicted molar refractivity (Wildman–Crippen MR) is 18.9 cm³/mol. The van der Waals surface area contributed by atoms with Crippen LogP contribution in [0.1, 0.15) is 0 Å². The Morgan fingerprint density at radius 1 is 1.50 bits per heavy atom. The van der Waals surface area contributed by atoms with Gasteiger partial charge in [0, 0.05) is 6.38 Å². The van der Waals surface area contributed by atoms with Gasteiger partial charge in [0.2, 0.25) is 0 Å². The zero-order chi connectivity index (χ0) is 4.00. The molecule has 0 N–H and O–H groups in total. The molecule has 0 aliphatic carbocycles. The molecule has 0 fully saturated rings. The zero-order valence-corrected chi connectivity index (χ0v) is 3.25. The molecule has 0 rings (SSSR count). The fraction of sp³-hybridized carbons (Fsp3) is 0.500. The molecule has 2 heteroatoms. The summed E-state index contributed by atoms with van der Waals surface area (Å²) < 4.78 is 0. The van der Waals surface area contributed by atoms with Gasteiger partial charge in [0.05, 0.1) is 0 Å². The smallest absolute Gasteiger partial charge is 0.106 e. The SMILES string of the molecule is C=O.CCl. The van der Waals surface area contributed by atoms with Gasteiger partial charge in [-0.05, 0) is 0 Å². The molecule has 1 nitrogen and oxygen atoms in total. The second-order valence-corrected chi connectivity index (χ2v) is 0. The minimum Gasteiger partial charge on any atom is -0.307 e. The van der Waals surface area contributed by atoms with Crippen molar-refractivity contribution in [1.29, 1.82) is 0 Å². The Bertz CT molecular complexity index is 6.00. The van der Waals surface area contributed by atoms with E-state index in [1.54, 1.807) is 0 Å². The third-order valence-electron chi connectivity index (χ3n) is 0. The van der Waals surface area contributed by atoms with E-state index in [1.165, 1.54) is 6.38 Å². The number of hydrogen-bond acceptors (Lipinski definition) is 1. The molecule has 0 saturated carbocycles. The Labute approximate surface area is 30.6 Å². The average molecular weight is 80.5 g/mol. The second kappa shape index (κ2) is 7110. The van der Waals surface area contributed by atoms with E-state index in [1.807, 2.05) is 6.79 Å². The van der Waals surface area contributed by atoms with Gasteiger partial charge >= 0.3 is 0 Å². The van der Waals surface area contributed by atoms with Gasteiger partial charge in [-0.1, -0.05) is 0 Å². The Balaban J connectivity index is 0. The number of rotatable bonds is 0. The standard InChI is InChI=1S/CH3Cl.CH2O/c2*1-2/h1H3;1H2. The maximum atomic E-state index is 8.00. The Morgan fingerprint density at radius 2 is 1.50 bits per heavy atom. The number of carbonyl (C=O) groups is 1. The molecule has 0 aromatic rings. The lowest BCUT2D eigenvalue weighted by Gasteiger charge is -1.06. The summed E-state index contributed by atoms with van der Waals surface area (Å²) in [5.74, 6) is 0. The van der Waals surface area contributed by atoms with Gasteiger partial charge in [-0.15, -0.1) is 11.6 Å². The predicted octanol–water partition coefficient (Wildman–Crippen LogP) is 0.670. The molecule has 0 heterocycles. The minimum absolute atomic E-state index is 1.47. The van der Waals surface area contributed by atoms with Gasteiger partial charge in [-0.3, -0.25) is 0 Å². The van der Waals surface area contributed by atoms with E-state index in [0.717, 1.165) is 0 Å². The molecule has 0 amide bonds. The van der Waals surface area contributed by atoms with Crippen LogP contribution in [-0.4, -0.2) is 13.2 Å². The van der Waals surface area contributed by atoms with Crippen LogP contribution in [-0.2, 0) is 4.79 Å². The molecular weight excluding hydrogens is 75.5 g/mol. The second-order valence-electron chi connectivity index (χ2n) is 0. The van der Waals surface area contributed by atoms with E-state index >= 15 is 0 Å². The average Bonchev–Trinajstić information content (AvgIpc) is 1.50. The van der Waals surface area contributed by atoms with E-state index < -0.39 is 0 Å². The third-order valence-corrected chi connectivity index (χ3v) is 0. The molecule has 26 valence electrons. The van der Waals surface area contributed by atoms with Crippen molar-refractivity contribution in [1.82, 2.24) is 0 Å². The molecule has 0 spiro atoms. The third kappa shape index (κ3) is 1130. The van der Waals surface area contributed by atoms with E-state index in [9.17, 15) is 0 Å². The molecule has 0 unspecified atom stereocenters. The molecule has 4 heavy (non-hydrogen) atoms. The lowest BCUT2D eigenvalue weighted by Crippen LogP contribution is -0.925. The first-order valence-electron chi connectivity index (χ1n) is 0.667. The fourth-order valence-corrected chi connectivity index (χ4v) is 0. The van der Waals surface area contributed by atoms with E-state index in [4.69, 9.17) is 4.79 Å². The number of halogens is 1. The van der Waals surface area contributed by atoms with Crippen molar-refractivity contribution in [2.24, 2.45) is 0 Å². The Hall–Kier alpha value is -0.0400. The first kappa shape index (κ1) is 9.03. The number of carbonyl (C=O) groups excluding carboxylic acids is 1. The Morgan fingerprint density at radius 3 is 1.50 bits per heavy atom. The molecule has 0 atom stereocenters. The van der Waals surface area contributed by atoms with Crippen molar-refractivity contribution in [2.45, 2.75) is 0 Å². The van der Waals surface area contributed by atoms with Crippen molar-refractivity contribution >= 4 is 18.4 Å². The first-order chi connectivity index (χ1) is 2.00. The van der Waals surface area contributed by atoms with Gasteiger partial charge in [-0.2, -0.15) is 0 Å². The minimum atomic E-state index is 1.47. The summed E-state index contributed by atoms with van der Waals surface area (Å²) in [5, 5.41) is 0. The van der Waals surface area contributed by atoms with Crippen molar-refractivity contribution in [3.8, 4) is 0 Å². The van der Waals surface area contributed by atoms with E-state index in [2.05, 4.69) is 11.6 Å². The van der Waals surface area contributed by atoms with Crippen molar-refractivity contribution in [3.63, 3.8) is 0 Å². The van der Waals surface area contributed by atoms with E-state index in [-0.39, 0.29) is 0 Å². The van der Waals surface area contributed by atoms with Gasteiger partial charge in [0.15, 0.2) is 0 Å². The topological polar surface area (TPSA) is 17.1 Å². The number of hydrogen-bond donors (Lipinski definition) is 0. The highest BCUT2D eigenvalue weighted by Gasteiger charge is 0.943. The van der Waals surface area contributed by atoms with Crippen LogP contribution in [0.2, 0.25) is 0 Å². The lowest BCUT2D eigenvalue weighted by atomic mass is 11.9. The van der Waals surface area contributed by atoms with Crippen LogP contribution in [0, 0.1) is 0 Å². The quantitative estimate of drug-likeness (QED) is 0.391. The van der Waals surface area contributed by atoms with Crippen molar-refractivity contribution in [3.05, 3.63) is 0 Å². The van der Waals surface area contributed by atoms with Crippen LogP contribution in [0.3, 0.4) is 0 Å². The fourth-order valence-electron chi connectivity index (χ4n) is 0. The van der Waals surface area contributed by atoms with Crippen LogP contribution >= 0.6 is 11.6 Å². The largest absolute Gasteiger partial charge is 0.307 e. The molecule has 0 aromatic carbocycles. The zero-order valence-electron chi connectivity index (χ0n) is 2.49. The summed E-state index contributed by atoms with van der Waals surface area (Å²) in [6, 6.07) is 0. The van der Waals surface area contributed by atoms with E-state index in [0.29, 0.717) is 0 Å². The monoisotopic (exact) mass is 80.0 g/mol. The maximum Gasteiger partial charge on any atom is 0.106 e. The summed E-state index contributed by atoms with van der Waals surface area (Å²) in [5.41, 5.74) is 0. The highest BCUT2D eigenvalue weighted by Crippen LogP contribution is 1.34. The van der Waals surface area contributed by atoms with Crippen molar-refractivity contribution < 1.29 is 4.79 Å². The van der Waals surface area contributed by atoms with Crippen molar-refractivity contribution in [2.75, 3.05) is 6.38 Å². The first-order valence-corrected chi connectivity index (χ1v) is 1.42. The van der Waals surface area contributed by atoms with Gasteiger partial charge in [-0.25, -0.2) is 0 Å². The molecule has 0 aromatic heterocycles. The summed E-state index contributed by atoms with van der Waals surface area (Å²) in [6.07, 6.45) is 1.47. The molecule has 0 aliphatic heterocycles.